The summed E-state index contributed by atoms with van der Waals surface area (Å²) in [6.45, 7) is 0.836. The SMILES string of the molecule is COc1ccccc1C1/C(=C(\O)c2ccc3c(c2)CCCC3)C(=O)C(=O)N1c1ccc2c(c1)OCCO2. The van der Waals surface area contributed by atoms with Gasteiger partial charge in [-0.05, 0) is 61.1 Å². The highest BCUT2D eigenvalue weighted by Gasteiger charge is 2.48. The second-order valence-corrected chi connectivity index (χ2v) is 9.43. The van der Waals surface area contributed by atoms with E-state index in [4.69, 9.17) is 14.2 Å². The zero-order valence-corrected chi connectivity index (χ0v) is 20.5. The molecule has 0 radical (unpaired) electrons. The van der Waals surface area contributed by atoms with Crippen LogP contribution in [0, 0.1) is 0 Å². The van der Waals surface area contributed by atoms with Gasteiger partial charge in [-0.15, -0.1) is 0 Å². The van der Waals surface area contributed by atoms with Gasteiger partial charge in [0.15, 0.2) is 11.5 Å². The van der Waals surface area contributed by atoms with Gasteiger partial charge in [0.1, 0.15) is 24.7 Å². The van der Waals surface area contributed by atoms with Crippen LogP contribution in [0.4, 0.5) is 5.69 Å². The number of aliphatic hydroxyl groups excluding tert-OH is 1. The predicted octanol–water partition coefficient (Wildman–Crippen LogP) is 4.97. The number of aliphatic hydroxyl groups is 1. The molecule has 7 heteroatoms. The van der Waals surface area contributed by atoms with Crippen LogP contribution in [-0.4, -0.2) is 37.1 Å². The number of anilines is 1. The van der Waals surface area contributed by atoms with Gasteiger partial charge in [-0.3, -0.25) is 14.5 Å². The fourth-order valence-corrected chi connectivity index (χ4v) is 5.50. The molecule has 188 valence electrons. The molecule has 0 aromatic heterocycles. The molecule has 2 aliphatic heterocycles. The summed E-state index contributed by atoms with van der Waals surface area (Å²) in [6, 6.07) is 17.3. The normalized spacial score (nSPS) is 20.0. The van der Waals surface area contributed by atoms with E-state index in [-0.39, 0.29) is 11.3 Å². The van der Waals surface area contributed by atoms with Crippen LogP contribution in [0.25, 0.3) is 5.76 Å². The van der Waals surface area contributed by atoms with Gasteiger partial charge in [0.2, 0.25) is 0 Å². The van der Waals surface area contributed by atoms with E-state index in [1.807, 2.05) is 30.3 Å². The van der Waals surface area contributed by atoms with Crippen LogP contribution in [0.15, 0.2) is 66.2 Å². The highest BCUT2D eigenvalue weighted by molar-refractivity contribution is 6.51. The Morgan fingerprint density at radius 1 is 0.919 bits per heavy atom. The number of fused-ring (bicyclic) bond motifs is 2. The Morgan fingerprint density at radius 2 is 1.68 bits per heavy atom. The summed E-state index contributed by atoms with van der Waals surface area (Å²) < 4.78 is 17.0. The summed E-state index contributed by atoms with van der Waals surface area (Å²) >= 11 is 0. The van der Waals surface area contributed by atoms with Crippen LogP contribution < -0.4 is 19.1 Å². The fraction of sp³-hybridized carbons (Fsp3) is 0.267. The lowest BCUT2D eigenvalue weighted by atomic mass is 9.88. The molecule has 1 atom stereocenters. The molecule has 3 aliphatic rings. The smallest absolute Gasteiger partial charge is 0.300 e. The number of hydrogen-bond acceptors (Lipinski definition) is 6. The quantitative estimate of drug-likeness (QED) is 0.311. The van der Waals surface area contributed by atoms with E-state index in [1.54, 1.807) is 37.4 Å². The average molecular weight is 498 g/mol. The lowest BCUT2D eigenvalue weighted by molar-refractivity contribution is -0.132. The standard InChI is InChI=1S/C30H27NO6/c1-35-23-9-5-4-8-22(23)27-26(28(32)20-11-10-18-6-2-3-7-19(18)16-20)29(33)30(34)31(27)21-12-13-24-25(17-21)37-15-14-36-24/h4-5,8-13,16-17,27,32H,2-3,6-7,14-15H2,1H3/b28-26+. The summed E-state index contributed by atoms with van der Waals surface area (Å²) in [5.74, 6) is -0.0855. The van der Waals surface area contributed by atoms with Crippen molar-refractivity contribution in [1.82, 2.24) is 0 Å². The van der Waals surface area contributed by atoms with Crippen molar-refractivity contribution in [1.29, 1.82) is 0 Å². The van der Waals surface area contributed by atoms with Crippen LogP contribution >= 0.6 is 0 Å². The van der Waals surface area contributed by atoms with Crippen molar-refractivity contribution < 1.29 is 28.9 Å². The third-order valence-electron chi connectivity index (χ3n) is 7.30. The molecular weight excluding hydrogens is 470 g/mol. The van der Waals surface area contributed by atoms with Crippen LogP contribution in [0.3, 0.4) is 0 Å². The van der Waals surface area contributed by atoms with E-state index in [0.717, 1.165) is 25.7 Å². The van der Waals surface area contributed by atoms with Crippen molar-refractivity contribution in [3.05, 3.63) is 88.5 Å². The molecule has 1 amide bonds. The van der Waals surface area contributed by atoms with Gasteiger partial charge in [-0.25, -0.2) is 0 Å². The number of benzene rings is 3. The van der Waals surface area contributed by atoms with Gasteiger partial charge in [0.05, 0.1) is 18.7 Å². The minimum atomic E-state index is -0.894. The Morgan fingerprint density at radius 3 is 2.49 bits per heavy atom. The molecule has 0 saturated carbocycles. The molecule has 1 fully saturated rings. The van der Waals surface area contributed by atoms with Crippen molar-refractivity contribution in [3.8, 4) is 17.2 Å². The first kappa shape index (κ1) is 23.2. The van der Waals surface area contributed by atoms with E-state index in [2.05, 4.69) is 0 Å². The number of carbonyl (C=O) groups excluding carboxylic acids is 2. The number of ether oxygens (including phenoxy) is 3. The Kier molecular flexibility index (Phi) is 5.83. The van der Waals surface area contributed by atoms with Crippen LogP contribution in [0.1, 0.15) is 41.1 Å². The average Bonchev–Trinajstić information content (AvgIpc) is 3.21. The van der Waals surface area contributed by atoms with E-state index < -0.39 is 17.7 Å². The molecule has 0 spiro atoms. The summed E-state index contributed by atoms with van der Waals surface area (Å²) in [5.41, 5.74) is 4.05. The molecule has 37 heavy (non-hydrogen) atoms. The third kappa shape index (κ3) is 3.91. The van der Waals surface area contributed by atoms with Crippen molar-refractivity contribution in [2.24, 2.45) is 0 Å². The van der Waals surface area contributed by atoms with E-state index in [9.17, 15) is 14.7 Å². The number of hydrogen-bond donors (Lipinski definition) is 1. The molecule has 6 rings (SSSR count). The minimum Gasteiger partial charge on any atom is -0.507 e. The molecule has 7 nitrogen and oxygen atoms in total. The number of methoxy groups -OCH3 is 1. The Hall–Kier alpha value is -4.26. The van der Waals surface area contributed by atoms with Crippen molar-refractivity contribution >= 4 is 23.1 Å². The number of para-hydroxylation sites is 1. The molecule has 1 unspecified atom stereocenters. The second-order valence-electron chi connectivity index (χ2n) is 9.43. The zero-order valence-electron chi connectivity index (χ0n) is 20.5. The van der Waals surface area contributed by atoms with Crippen molar-refractivity contribution in [2.45, 2.75) is 31.7 Å². The number of aryl methyl sites for hydroxylation is 2. The van der Waals surface area contributed by atoms with Gasteiger partial charge in [0.25, 0.3) is 11.7 Å². The number of rotatable bonds is 4. The van der Waals surface area contributed by atoms with Crippen LogP contribution in [-0.2, 0) is 22.4 Å². The van der Waals surface area contributed by atoms with Crippen molar-refractivity contribution in [2.75, 3.05) is 25.2 Å². The number of amides is 1. The minimum absolute atomic E-state index is 0.0279. The summed E-state index contributed by atoms with van der Waals surface area (Å²) in [4.78, 5) is 28.5. The van der Waals surface area contributed by atoms with Gasteiger partial charge in [-0.2, -0.15) is 0 Å². The Bertz CT molecular complexity index is 1440. The molecule has 1 saturated heterocycles. The first-order chi connectivity index (χ1) is 18.1. The Labute approximate surface area is 214 Å². The van der Waals surface area contributed by atoms with Crippen LogP contribution in [0.2, 0.25) is 0 Å². The summed E-state index contributed by atoms with van der Waals surface area (Å²) in [7, 11) is 1.54. The first-order valence-corrected chi connectivity index (χ1v) is 12.5. The fourth-order valence-electron chi connectivity index (χ4n) is 5.50. The maximum Gasteiger partial charge on any atom is 0.300 e. The maximum absolute atomic E-state index is 13.6. The lowest BCUT2D eigenvalue weighted by Crippen LogP contribution is -2.30. The Balaban J connectivity index is 1.54. The molecule has 0 bridgehead atoms. The number of ketones is 1. The van der Waals surface area contributed by atoms with Gasteiger partial charge < -0.3 is 19.3 Å². The molecular formula is C30H27NO6. The summed E-state index contributed by atoms with van der Waals surface area (Å²) in [5, 5.41) is 11.6. The molecule has 1 N–H and O–H groups in total. The second kappa shape index (κ2) is 9.32. The monoisotopic (exact) mass is 497 g/mol. The third-order valence-corrected chi connectivity index (χ3v) is 7.30. The molecule has 3 aromatic carbocycles. The highest BCUT2D eigenvalue weighted by atomic mass is 16.6. The van der Waals surface area contributed by atoms with Gasteiger partial charge in [-0.1, -0.05) is 30.3 Å². The zero-order chi connectivity index (χ0) is 25.5. The van der Waals surface area contributed by atoms with E-state index >= 15 is 0 Å². The topological polar surface area (TPSA) is 85.3 Å². The first-order valence-electron chi connectivity index (χ1n) is 12.5. The number of Topliss-reactive ketones (excluding diaryl/α,β-unsaturated/α-hetero) is 1. The van der Waals surface area contributed by atoms with E-state index in [0.29, 0.717) is 47.3 Å². The summed E-state index contributed by atoms with van der Waals surface area (Å²) in [6.07, 6.45) is 4.17. The van der Waals surface area contributed by atoms with E-state index in [1.165, 1.54) is 16.0 Å². The molecule has 1 aliphatic carbocycles. The van der Waals surface area contributed by atoms with Gasteiger partial charge in [0, 0.05) is 22.9 Å². The largest absolute Gasteiger partial charge is 0.507 e. The molecule has 3 aromatic rings. The highest BCUT2D eigenvalue weighted by Crippen LogP contribution is 2.46. The number of nitrogens with zero attached hydrogens (tertiary/aromatic N) is 1. The van der Waals surface area contributed by atoms with Crippen molar-refractivity contribution in [3.63, 3.8) is 0 Å². The van der Waals surface area contributed by atoms with Crippen LogP contribution in [0.5, 0.6) is 17.2 Å². The number of carbonyl (C=O) groups is 2. The lowest BCUT2D eigenvalue weighted by Gasteiger charge is -2.28. The maximum atomic E-state index is 13.6. The molecule has 2 heterocycles. The predicted molar refractivity (Wildman–Crippen MR) is 138 cm³/mol. The van der Waals surface area contributed by atoms with Gasteiger partial charge >= 0.3 is 0 Å².